The van der Waals surface area contributed by atoms with E-state index >= 15 is 0 Å². The SMILES string of the molecule is FC(F)(F)c1ccc(-c2nc3ccccc3n2Cc2cccc(Cl)c2)cc1. The summed E-state index contributed by atoms with van der Waals surface area (Å²) in [6.07, 6.45) is -4.36. The van der Waals surface area contributed by atoms with Crippen LogP contribution in [0.15, 0.2) is 72.8 Å². The summed E-state index contributed by atoms with van der Waals surface area (Å²) in [6.45, 7) is 0.511. The molecule has 0 aliphatic rings. The zero-order chi connectivity index (χ0) is 19.0. The molecule has 0 N–H and O–H groups in total. The van der Waals surface area contributed by atoms with E-state index in [4.69, 9.17) is 11.6 Å². The summed E-state index contributed by atoms with van der Waals surface area (Å²) in [5.74, 6) is 0.616. The molecule has 2 nitrogen and oxygen atoms in total. The van der Waals surface area contributed by atoms with Crippen LogP contribution in [0.2, 0.25) is 5.02 Å². The monoisotopic (exact) mass is 386 g/mol. The number of imidazole rings is 1. The lowest BCUT2D eigenvalue weighted by Gasteiger charge is -2.11. The fourth-order valence-corrected chi connectivity index (χ4v) is 3.29. The number of aromatic nitrogens is 2. The number of alkyl halides is 3. The number of halogens is 4. The fourth-order valence-electron chi connectivity index (χ4n) is 3.08. The molecule has 1 aromatic heterocycles. The Morgan fingerprint density at radius 2 is 1.63 bits per heavy atom. The van der Waals surface area contributed by atoms with Crippen molar-refractivity contribution < 1.29 is 13.2 Å². The molecule has 136 valence electrons. The zero-order valence-electron chi connectivity index (χ0n) is 14.0. The van der Waals surface area contributed by atoms with E-state index in [0.717, 1.165) is 28.7 Å². The van der Waals surface area contributed by atoms with Crippen molar-refractivity contribution in [1.82, 2.24) is 9.55 Å². The van der Waals surface area contributed by atoms with Gasteiger partial charge in [0.05, 0.1) is 16.6 Å². The molecule has 4 rings (SSSR count). The van der Waals surface area contributed by atoms with Gasteiger partial charge in [-0.2, -0.15) is 13.2 Å². The van der Waals surface area contributed by atoms with E-state index in [9.17, 15) is 13.2 Å². The van der Waals surface area contributed by atoms with E-state index in [2.05, 4.69) is 4.98 Å². The highest BCUT2D eigenvalue weighted by molar-refractivity contribution is 6.30. The highest BCUT2D eigenvalue weighted by Gasteiger charge is 2.30. The molecule has 0 atom stereocenters. The predicted octanol–water partition coefficient (Wildman–Crippen LogP) is 6.42. The van der Waals surface area contributed by atoms with Gasteiger partial charge in [-0.1, -0.05) is 48.0 Å². The largest absolute Gasteiger partial charge is 0.416 e. The first-order chi connectivity index (χ1) is 12.9. The van der Waals surface area contributed by atoms with Gasteiger partial charge >= 0.3 is 6.18 Å². The Balaban J connectivity index is 1.83. The molecule has 0 spiro atoms. The van der Waals surface area contributed by atoms with E-state index in [-0.39, 0.29) is 0 Å². The average Bonchev–Trinajstić information content (AvgIpc) is 3.00. The van der Waals surface area contributed by atoms with Gasteiger partial charge in [-0.3, -0.25) is 0 Å². The van der Waals surface area contributed by atoms with Gasteiger partial charge in [0, 0.05) is 17.1 Å². The van der Waals surface area contributed by atoms with Crippen molar-refractivity contribution in [2.75, 3.05) is 0 Å². The normalized spacial score (nSPS) is 11.9. The second-order valence-electron chi connectivity index (χ2n) is 6.22. The van der Waals surface area contributed by atoms with Crippen LogP contribution in [0, 0.1) is 0 Å². The Morgan fingerprint density at radius 3 is 2.33 bits per heavy atom. The minimum atomic E-state index is -4.36. The maximum atomic E-state index is 12.9. The quantitative estimate of drug-likeness (QED) is 0.397. The molecule has 0 saturated carbocycles. The lowest BCUT2D eigenvalue weighted by atomic mass is 10.1. The molecule has 1 heterocycles. The van der Waals surface area contributed by atoms with Crippen LogP contribution in [-0.4, -0.2) is 9.55 Å². The van der Waals surface area contributed by atoms with Crippen molar-refractivity contribution in [3.8, 4) is 11.4 Å². The van der Waals surface area contributed by atoms with Crippen LogP contribution < -0.4 is 0 Å². The van der Waals surface area contributed by atoms with Gasteiger partial charge < -0.3 is 4.57 Å². The van der Waals surface area contributed by atoms with E-state index in [0.29, 0.717) is 23.0 Å². The Hall–Kier alpha value is -2.79. The number of rotatable bonds is 3. The number of fused-ring (bicyclic) bond motifs is 1. The molecule has 0 aliphatic carbocycles. The van der Waals surface area contributed by atoms with Gasteiger partial charge in [-0.15, -0.1) is 0 Å². The highest BCUT2D eigenvalue weighted by atomic mass is 35.5. The summed E-state index contributed by atoms with van der Waals surface area (Å²) in [5, 5.41) is 0.632. The fraction of sp³-hybridized carbons (Fsp3) is 0.0952. The topological polar surface area (TPSA) is 17.8 Å². The van der Waals surface area contributed by atoms with Crippen LogP contribution in [0.5, 0.6) is 0 Å². The first-order valence-electron chi connectivity index (χ1n) is 8.29. The molecule has 0 radical (unpaired) electrons. The first-order valence-corrected chi connectivity index (χ1v) is 8.67. The molecule has 3 aromatic carbocycles. The molecule has 4 aromatic rings. The molecule has 0 saturated heterocycles. The Bertz CT molecular complexity index is 1100. The third kappa shape index (κ3) is 3.55. The average molecular weight is 387 g/mol. The van der Waals surface area contributed by atoms with Gasteiger partial charge in [-0.25, -0.2) is 4.98 Å². The van der Waals surface area contributed by atoms with Gasteiger partial charge in [0.2, 0.25) is 0 Å². The van der Waals surface area contributed by atoms with E-state index < -0.39 is 11.7 Å². The minimum absolute atomic E-state index is 0.511. The van der Waals surface area contributed by atoms with Crippen LogP contribution >= 0.6 is 11.6 Å². The molecular weight excluding hydrogens is 373 g/mol. The summed E-state index contributed by atoms with van der Waals surface area (Å²) in [4.78, 5) is 4.64. The van der Waals surface area contributed by atoms with Crippen molar-refractivity contribution in [2.24, 2.45) is 0 Å². The molecule has 0 bridgehead atoms. The number of hydrogen-bond acceptors (Lipinski definition) is 1. The number of para-hydroxylation sites is 2. The Labute approximate surface area is 158 Å². The lowest BCUT2D eigenvalue weighted by molar-refractivity contribution is -0.137. The second kappa shape index (κ2) is 6.74. The molecule has 6 heteroatoms. The van der Waals surface area contributed by atoms with Crippen LogP contribution in [0.25, 0.3) is 22.4 Å². The molecule has 27 heavy (non-hydrogen) atoms. The lowest BCUT2D eigenvalue weighted by Crippen LogP contribution is -2.05. The van der Waals surface area contributed by atoms with Gasteiger partial charge in [0.15, 0.2) is 0 Å². The summed E-state index contributed by atoms with van der Waals surface area (Å²) in [7, 11) is 0. The van der Waals surface area contributed by atoms with E-state index in [1.54, 1.807) is 6.07 Å². The van der Waals surface area contributed by atoms with Crippen molar-refractivity contribution in [3.63, 3.8) is 0 Å². The number of benzene rings is 3. The van der Waals surface area contributed by atoms with Crippen molar-refractivity contribution in [2.45, 2.75) is 12.7 Å². The summed E-state index contributed by atoms with van der Waals surface area (Å²) in [6, 6.07) is 20.2. The van der Waals surface area contributed by atoms with Crippen LogP contribution in [-0.2, 0) is 12.7 Å². The smallest absolute Gasteiger partial charge is 0.319 e. The van der Waals surface area contributed by atoms with E-state index in [1.807, 2.05) is 47.0 Å². The summed E-state index contributed by atoms with van der Waals surface area (Å²) in [5.41, 5.74) is 2.63. The third-order valence-corrected chi connectivity index (χ3v) is 4.59. The number of hydrogen-bond donors (Lipinski definition) is 0. The molecule has 0 aliphatic heterocycles. The van der Waals surface area contributed by atoms with Crippen LogP contribution in [0.3, 0.4) is 0 Å². The molecule has 0 unspecified atom stereocenters. The van der Waals surface area contributed by atoms with Crippen molar-refractivity contribution >= 4 is 22.6 Å². The second-order valence-corrected chi connectivity index (χ2v) is 6.65. The standard InChI is InChI=1S/C21H14ClF3N2/c22-17-5-3-4-14(12-17)13-27-19-7-2-1-6-18(19)26-20(27)15-8-10-16(11-9-15)21(23,24)25/h1-12H,13H2. The van der Waals surface area contributed by atoms with E-state index in [1.165, 1.54) is 12.1 Å². The maximum Gasteiger partial charge on any atom is 0.416 e. The van der Waals surface area contributed by atoms with Crippen molar-refractivity contribution in [1.29, 1.82) is 0 Å². The van der Waals surface area contributed by atoms with Gasteiger partial charge in [0.1, 0.15) is 5.82 Å². The van der Waals surface area contributed by atoms with Gasteiger partial charge in [0.25, 0.3) is 0 Å². The Kier molecular flexibility index (Phi) is 4.40. The van der Waals surface area contributed by atoms with Crippen LogP contribution in [0.1, 0.15) is 11.1 Å². The highest BCUT2D eigenvalue weighted by Crippen LogP contribution is 2.32. The molecular formula is C21H14ClF3N2. The summed E-state index contributed by atoms with van der Waals surface area (Å²) >= 11 is 6.09. The minimum Gasteiger partial charge on any atom is -0.319 e. The number of nitrogens with zero attached hydrogens (tertiary/aromatic N) is 2. The van der Waals surface area contributed by atoms with Crippen molar-refractivity contribution in [3.05, 3.63) is 88.9 Å². The molecule has 0 amide bonds. The molecule has 0 fully saturated rings. The zero-order valence-corrected chi connectivity index (χ0v) is 14.8. The first kappa shape index (κ1) is 17.6. The Morgan fingerprint density at radius 1 is 0.889 bits per heavy atom. The predicted molar refractivity (Wildman–Crippen MR) is 101 cm³/mol. The van der Waals surface area contributed by atoms with Gasteiger partial charge in [-0.05, 0) is 42.0 Å². The third-order valence-electron chi connectivity index (χ3n) is 4.35. The summed E-state index contributed by atoms with van der Waals surface area (Å²) < 4.78 is 40.6. The van der Waals surface area contributed by atoms with Crippen LogP contribution in [0.4, 0.5) is 13.2 Å². The maximum absolute atomic E-state index is 12.9.